The molecule has 0 saturated heterocycles. The summed E-state index contributed by atoms with van der Waals surface area (Å²) in [4.78, 5) is 15.8. The lowest BCUT2D eigenvalue weighted by molar-refractivity contribution is 0.0911. The highest BCUT2D eigenvalue weighted by atomic mass is 35.5. The van der Waals surface area contributed by atoms with Crippen molar-refractivity contribution in [2.75, 3.05) is 13.7 Å². The van der Waals surface area contributed by atoms with E-state index in [9.17, 15) is 14.3 Å². The molecule has 0 bridgehead atoms. The number of hydrogen-bond acceptors (Lipinski definition) is 4. The van der Waals surface area contributed by atoms with E-state index in [2.05, 4.69) is 10.3 Å². The topological polar surface area (TPSA) is 71.5 Å². The van der Waals surface area contributed by atoms with Gasteiger partial charge in [-0.05, 0) is 23.8 Å². The second-order valence-electron chi connectivity index (χ2n) is 4.48. The first kappa shape index (κ1) is 16.2. The Kier molecular flexibility index (Phi) is 5.30. The van der Waals surface area contributed by atoms with Crippen molar-refractivity contribution in [2.45, 2.75) is 6.10 Å². The van der Waals surface area contributed by atoms with Crippen molar-refractivity contribution < 1.29 is 19.0 Å². The maximum atomic E-state index is 13.3. The summed E-state index contributed by atoms with van der Waals surface area (Å²) in [5.41, 5.74) is 0.481. The molecule has 2 rings (SSSR count). The van der Waals surface area contributed by atoms with Crippen molar-refractivity contribution in [3.63, 3.8) is 0 Å². The molecule has 0 fully saturated rings. The van der Waals surface area contributed by atoms with Crippen molar-refractivity contribution in [3.05, 3.63) is 58.6 Å². The van der Waals surface area contributed by atoms with Gasteiger partial charge in [0.2, 0.25) is 0 Å². The Morgan fingerprint density at radius 3 is 2.91 bits per heavy atom. The molecule has 0 aliphatic rings. The summed E-state index contributed by atoms with van der Waals surface area (Å²) in [6, 6.07) is 7.06. The van der Waals surface area contributed by atoms with Crippen LogP contribution in [-0.4, -0.2) is 29.7 Å². The molecule has 2 aromatic rings. The number of benzene rings is 1. The van der Waals surface area contributed by atoms with Crippen LogP contribution in [0.25, 0.3) is 0 Å². The summed E-state index contributed by atoms with van der Waals surface area (Å²) in [5, 5.41) is 12.5. The number of nitrogens with one attached hydrogen (secondary N) is 1. The zero-order valence-corrected chi connectivity index (χ0v) is 12.5. The van der Waals surface area contributed by atoms with Crippen LogP contribution >= 0.6 is 11.6 Å². The van der Waals surface area contributed by atoms with Gasteiger partial charge in [0.25, 0.3) is 5.91 Å². The highest BCUT2D eigenvalue weighted by molar-refractivity contribution is 6.30. The van der Waals surface area contributed by atoms with E-state index < -0.39 is 17.8 Å². The molecule has 1 aromatic heterocycles. The summed E-state index contributed by atoms with van der Waals surface area (Å²) in [6.07, 6.45) is 0.389. The fourth-order valence-electron chi connectivity index (χ4n) is 1.78. The van der Waals surface area contributed by atoms with Crippen LogP contribution in [0, 0.1) is 5.82 Å². The monoisotopic (exact) mass is 324 g/mol. The predicted molar refractivity (Wildman–Crippen MR) is 79.5 cm³/mol. The Labute approximate surface area is 131 Å². The normalized spacial score (nSPS) is 11.8. The standard InChI is InChI=1S/C15H14ClFN2O3/c1-22-10-4-5-18-13(7-10)15(21)19-8-14(20)9-2-3-11(16)12(17)6-9/h2-7,14,20H,8H2,1H3,(H,19,21). The number of carbonyl (C=O) groups is 1. The number of ether oxygens (including phenoxy) is 1. The molecule has 7 heteroatoms. The molecule has 1 aromatic carbocycles. The van der Waals surface area contributed by atoms with Gasteiger partial charge in [0.15, 0.2) is 0 Å². The number of amides is 1. The first-order valence-corrected chi connectivity index (χ1v) is 6.80. The number of methoxy groups -OCH3 is 1. The number of aliphatic hydroxyl groups excluding tert-OH is 1. The van der Waals surface area contributed by atoms with E-state index in [1.807, 2.05) is 0 Å². The minimum atomic E-state index is -1.05. The molecule has 2 N–H and O–H groups in total. The van der Waals surface area contributed by atoms with E-state index in [1.165, 1.54) is 31.5 Å². The summed E-state index contributed by atoms with van der Waals surface area (Å²) in [5.74, 6) is -0.591. The number of rotatable bonds is 5. The first-order chi connectivity index (χ1) is 10.5. The van der Waals surface area contributed by atoms with Gasteiger partial charge in [-0.15, -0.1) is 0 Å². The van der Waals surface area contributed by atoms with Gasteiger partial charge in [0.05, 0.1) is 18.2 Å². The van der Waals surface area contributed by atoms with E-state index >= 15 is 0 Å². The van der Waals surface area contributed by atoms with Gasteiger partial charge in [-0.2, -0.15) is 0 Å². The molecular formula is C15H14ClFN2O3. The van der Waals surface area contributed by atoms with Crippen LogP contribution in [0.4, 0.5) is 4.39 Å². The maximum Gasteiger partial charge on any atom is 0.270 e. The number of halogens is 2. The average molecular weight is 325 g/mol. The van der Waals surface area contributed by atoms with E-state index in [4.69, 9.17) is 16.3 Å². The molecule has 1 amide bonds. The van der Waals surface area contributed by atoms with Crippen LogP contribution < -0.4 is 10.1 Å². The number of hydrogen-bond donors (Lipinski definition) is 2. The summed E-state index contributed by atoms with van der Waals surface area (Å²) in [6.45, 7) is -0.0845. The van der Waals surface area contributed by atoms with Crippen molar-refractivity contribution in [3.8, 4) is 5.75 Å². The first-order valence-electron chi connectivity index (χ1n) is 6.42. The number of aromatic nitrogens is 1. The average Bonchev–Trinajstić information content (AvgIpc) is 2.54. The number of nitrogens with zero attached hydrogens (tertiary/aromatic N) is 1. The number of aliphatic hydroxyl groups is 1. The maximum absolute atomic E-state index is 13.3. The quantitative estimate of drug-likeness (QED) is 0.885. The molecule has 0 radical (unpaired) electrons. The van der Waals surface area contributed by atoms with E-state index in [0.29, 0.717) is 11.3 Å². The molecule has 0 saturated carbocycles. The molecule has 1 unspecified atom stereocenters. The smallest absolute Gasteiger partial charge is 0.270 e. The van der Waals surface area contributed by atoms with Gasteiger partial charge < -0.3 is 15.2 Å². The molecule has 22 heavy (non-hydrogen) atoms. The van der Waals surface area contributed by atoms with Gasteiger partial charge in [-0.25, -0.2) is 4.39 Å². The molecule has 0 aliphatic carbocycles. The molecule has 1 heterocycles. The van der Waals surface area contributed by atoms with Crippen LogP contribution in [0.3, 0.4) is 0 Å². The third kappa shape index (κ3) is 3.93. The lowest BCUT2D eigenvalue weighted by Gasteiger charge is -2.12. The highest BCUT2D eigenvalue weighted by Gasteiger charge is 2.13. The third-order valence-electron chi connectivity index (χ3n) is 2.98. The minimum Gasteiger partial charge on any atom is -0.497 e. The number of pyridine rings is 1. The second-order valence-corrected chi connectivity index (χ2v) is 4.89. The third-order valence-corrected chi connectivity index (χ3v) is 3.29. The van der Waals surface area contributed by atoms with E-state index in [1.54, 1.807) is 6.07 Å². The zero-order valence-electron chi connectivity index (χ0n) is 11.7. The lowest BCUT2D eigenvalue weighted by atomic mass is 10.1. The van der Waals surface area contributed by atoms with Crippen molar-refractivity contribution in [1.29, 1.82) is 0 Å². The molecule has 0 spiro atoms. The Hall–Kier alpha value is -2.18. The molecule has 0 aliphatic heterocycles. The Balaban J connectivity index is 1.99. The summed E-state index contributed by atoms with van der Waals surface area (Å²) in [7, 11) is 1.48. The second kappa shape index (κ2) is 7.20. The van der Waals surface area contributed by atoms with Crippen molar-refractivity contribution in [1.82, 2.24) is 10.3 Å². The minimum absolute atomic E-state index is 0.0273. The molecular weight excluding hydrogens is 311 g/mol. The van der Waals surface area contributed by atoms with Gasteiger partial charge in [-0.3, -0.25) is 9.78 Å². The van der Waals surface area contributed by atoms with Gasteiger partial charge in [-0.1, -0.05) is 17.7 Å². The Morgan fingerprint density at radius 2 is 2.23 bits per heavy atom. The molecule has 116 valence electrons. The van der Waals surface area contributed by atoms with Crippen LogP contribution in [0.2, 0.25) is 5.02 Å². The van der Waals surface area contributed by atoms with Crippen molar-refractivity contribution >= 4 is 17.5 Å². The summed E-state index contributed by atoms with van der Waals surface area (Å²) >= 11 is 5.57. The summed E-state index contributed by atoms with van der Waals surface area (Å²) < 4.78 is 18.3. The zero-order chi connectivity index (χ0) is 16.1. The van der Waals surface area contributed by atoms with Gasteiger partial charge >= 0.3 is 0 Å². The fourth-order valence-corrected chi connectivity index (χ4v) is 1.90. The lowest BCUT2D eigenvalue weighted by Crippen LogP contribution is -2.29. The van der Waals surface area contributed by atoms with Gasteiger partial charge in [0, 0.05) is 18.8 Å². The van der Waals surface area contributed by atoms with Crippen LogP contribution in [-0.2, 0) is 0 Å². The van der Waals surface area contributed by atoms with E-state index in [0.717, 1.165) is 6.07 Å². The number of carbonyl (C=O) groups excluding carboxylic acids is 1. The van der Waals surface area contributed by atoms with Gasteiger partial charge in [0.1, 0.15) is 17.3 Å². The molecule has 1 atom stereocenters. The van der Waals surface area contributed by atoms with Crippen LogP contribution in [0.5, 0.6) is 5.75 Å². The predicted octanol–water partition coefficient (Wildman–Crippen LogP) is 2.35. The Morgan fingerprint density at radius 1 is 1.45 bits per heavy atom. The van der Waals surface area contributed by atoms with E-state index in [-0.39, 0.29) is 17.3 Å². The van der Waals surface area contributed by atoms with Crippen molar-refractivity contribution in [2.24, 2.45) is 0 Å². The van der Waals surface area contributed by atoms with Crippen LogP contribution in [0.15, 0.2) is 36.5 Å². The largest absolute Gasteiger partial charge is 0.497 e. The Bertz CT molecular complexity index is 682. The highest BCUT2D eigenvalue weighted by Crippen LogP contribution is 2.20. The van der Waals surface area contributed by atoms with Crippen LogP contribution in [0.1, 0.15) is 22.2 Å². The molecule has 5 nitrogen and oxygen atoms in total. The SMILES string of the molecule is COc1ccnc(C(=O)NCC(O)c2ccc(Cl)c(F)c2)c1. The fraction of sp³-hybridized carbons (Fsp3) is 0.200.